The van der Waals surface area contributed by atoms with Gasteiger partial charge in [-0.3, -0.25) is 9.69 Å². The molecule has 0 spiro atoms. The van der Waals surface area contributed by atoms with Gasteiger partial charge in [-0.2, -0.15) is 0 Å². The Balaban J connectivity index is 1.41. The smallest absolute Gasteiger partial charge is 0.325 e. The van der Waals surface area contributed by atoms with Gasteiger partial charge in [0.05, 0.1) is 19.1 Å². The van der Waals surface area contributed by atoms with Crippen LogP contribution in [0, 0.1) is 0 Å². The summed E-state index contributed by atoms with van der Waals surface area (Å²) in [4.78, 5) is 18.6. The van der Waals surface area contributed by atoms with E-state index in [0.717, 1.165) is 44.0 Å². The molecule has 8 heteroatoms. The number of para-hydroxylation sites is 1. The van der Waals surface area contributed by atoms with E-state index in [0.29, 0.717) is 17.9 Å². The molecule has 4 rings (SSSR count). The Bertz CT molecular complexity index is 936. The average Bonchev–Trinajstić information content (AvgIpc) is 3.01. The van der Waals surface area contributed by atoms with Gasteiger partial charge in [0.15, 0.2) is 0 Å². The van der Waals surface area contributed by atoms with Crippen LogP contribution >= 0.6 is 11.8 Å². The summed E-state index contributed by atoms with van der Waals surface area (Å²) < 4.78 is 15.2. The lowest BCUT2D eigenvalue weighted by atomic mass is 9.95. The Labute approximate surface area is 199 Å². The third-order valence-electron chi connectivity index (χ3n) is 6.43. The van der Waals surface area contributed by atoms with Crippen LogP contribution in [-0.2, 0) is 9.53 Å². The normalized spacial score (nSPS) is 23.2. The van der Waals surface area contributed by atoms with Crippen molar-refractivity contribution in [2.24, 2.45) is 0 Å². The van der Waals surface area contributed by atoms with Crippen LogP contribution in [0.4, 0.5) is 5.69 Å². The minimum absolute atomic E-state index is 0.0389. The summed E-state index contributed by atoms with van der Waals surface area (Å²) in [6, 6.07) is 15.9. The first-order valence-electron chi connectivity index (χ1n) is 11.3. The lowest BCUT2D eigenvalue weighted by molar-refractivity contribution is -0.147. The summed E-state index contributed by atoms with van der Waals surface area (Å²) in [5.74, 6) is 0.895. The zero-order valence-corrected chi connectivity index (χ0v) is 20.1. The molecule has 0 unspecified atom stereocenters. The van der Waals surface area contributed by atoms with Crippen LogP contribution in [0.2, 0.25) is 0 Å². The molecule has 1 fully saturated rings. The van der Waals surface area contributed by atoms with Crippen molar-refractivity contribution >= 4 is 23.4 Å². The minimum atomic E-state index is -1.13. The number of aliphatic hydroxyl groups excluding tert-OH is 1. The van der Waals surface area contributed by atoms with Gasteiger partial charge in [0.1, 0.15) is 29.0 Å². The van der Waals surface area contributed by atoms with Gasteiger partial charge in [-0.05, 0) is 49.7 Å². The Kier molecular flexibility index (Phi) is 7.67. The zero-order valence-electron chi connectivity index (χ0n) is 19.2. The number of nitrogens with zero attached hydrogens (tertiary/aromatic N) is 2. The molecule has 0 aromatic heterocycles. The van der Waals surface area contributed by atoms with Crippen molar-refractivity contribution in [2.45, 2.75) is 28.6 Å². The van der Waals surface area contributed by atoms with E-state index in [1.807, 2.05) is 24.3 Å². The first-order valence-corrected chi connectivity index (χ1v) is 12.2. The number of thioether (sulfide) groups is 1. The monoisotopic (exact) mass is 472 g/mol. The Morgan fingerprint density at radius 1 is 1.15 bits per heavy atom. The molecule has 1 saturated heterocycles. The molecule has 0 saturated carbocycles. The van der Waals surface area contributed by atoms with Gasteiger partial charge in [0.2, 0.25) is 0 Å². The molecule has 0 amide bonds. The second-order valence-corrected chi connectivity index (χ2v) is 9.76. The maximum atomic E-state index is 13.0. The number of carbonyl (C=O) groups excluding carboxylic acids is 1. The van der Waals surface area contributed by atoms with Crippen LogP contribution in [-0.4, -0.2) is 80.4 Å². The molecule has 2 aliphatic heterocycles. The molecule has 178 valence electrons. The van der Waals surface area contributed by atoms with Crippen molar-refractivity contribution in [3.8, 4) is 11.5 Å². The van der Waals surface area contributed by atoms with Crippen molar-refractivity contribution in [3.63, 3.8) is 0 Å². The zero-order chi connectivity index (χ0) is 23.3. The molecule has 7 nitrogen and oxygen atoms in total. The molecule has 2 atom stereocenters. The number of anilines is 1. The second-order valence-electron chi connectivity index (χ2n) is 8.39. The number of piperazine rings is 1. The van der Waals surface area contributed by atoms with Gasteiger partial charge >= 0.3 is 5.97 Å². The number of aliphatic hydroxyl groups is 1. The van der Waals surface area contributed by atoms with Crippen molar-refractivity contribution in [3.05, 3.63) is 48.5 Å². The number of esters is 1. The van der Waals surface area contributed by atoms with Crippen molar-refractivity contribution in [2.75, 3.05) is 58.5 Å². The third-order valence-corrected chi connectivity index (χ3v) is 7.97. The summed E-state index contributed by atoms with van der Waals surface area (Å²) in [5.41, 5.74) is 1.26. The van der Waals surface area contributed by atoms with E-state index in [9.17, 15) is 9.90 Å². The molecule has 0 bridgehead atoms. The van der Waals surface area contributed by atoms with Crippen LogP contribution in [0.3, 0.4) is 0 Å². The van der Waals surface area contributed by atoms with Gasteiger partial charge in [0, 0.05) is 31.9 Å². The maximum absolute atomic E-state index is 13.0. The van der Waals surface area contributed by atoms with Gasteiger partial charge < -0.3 is 24.2 Å². The van der Waals surface area contributed by atoms with Gasteiger partial charge in [-0.15, -0.1) is 11.8 Å². The van der Waals surface area contributed by atoms with Crippen LogP contribution in [0.15, 0.2) is 53.4 Å². The number of methoxy groups -OCH3 is 2. The van der Waals surface area contributed by atoms with Gasteiger partial charge in [-0.1, -0.05) is 18.2 Å². The number of benzene rings is 2. The molecular formula is C25H32N2O5S. The van der Waals surface area contributed by atoms with Gasteiger partial charge in [-0.25, -0.2) is 0 Å². The average molecular weight is 473 g/mol. The van der Waals surface area contributed by atoms with E-state index in [2.05, 4.69) is 34.1 Å². The largest absolute Gasteiger partial charge is 0.497 e. The molecule has 33 heavy (non-hydrogen) atoms. The third kappa shape index (κ3) is 5.23. The van der Waals surface area contributed by atoms with E-state index >= 15 is 0 Å². The highest BCUT2D eigenvalue weighted by Gasteiger charge is 2.49. The topological polar surface area (TPSA) is 71.5 Å². The molecule has 2 aliphatic rings. The highest BCUT2D eigenvalue weighted by Crippen LogP contribution is 2.47. The Hall–Kier alpha value is -2.42. The second kappa shape index (κ2) is 10.7. The fourth-order valence-corrected chi connectivity index (χ4v) is 5.90. The van der Waals surface area contributed by atoms with Crippen molar-refractivity contribution in [1.82, 2.24) is 4.90 Å². The summed E-state index contributed by atoms with van der Waals surface area (Å²) in [7, 11) is 2.97. The number of hydrogen-bond donors (Lipinski definition) is 1. The summed E-state index contributed by atoms with van der Waals surface area (Å²) in [6.07, 6.45) is 0.275. The van der Waals surface area contributed by atoms with E-state index in [1.54, 1.807) is 7.11 Å². The standard InChI is InChI=1S/C25H32N2O5S/c1-30-20-9-10-21-22(17-20)33-25(24(29)31-2,23(28)18-32-21)11-6-12-26-13-15-27(16-14-26)19-7-4-3-5-8-19/h3-5,7-10,17,23,28H,6,11-16,18H2,1-2H3/t23-,25+/m1/s1. The summed E-state index contributed by atoms with van der Waals surface area (Å²) in [5, 5.41) is 11.0. The maximum Gasteiger partial charge on any atom is 0.325 e. The molecular weight excluding hydrogens is 440 g/mol. The number of hydrogen-bond acceptors (Lipinski definition) is 8. The van der Waals surface area contributed by atoms with Crippen molar-refractivity contribution < 1.29 is 24.1 Å². The predicted molar refractivity (Wildman–Crippen MR) is 129 cm³/mol. The van der Waals surface area contributed by atoms with E-state index in [1.165, 1.54) is 24.6 Å². The van der Waals surface area contributed by atoms with Crippen LogP contribution in [0.25, 0.3) is 0 Å². The highest BCUT2D eigenvalue weighted by molar-refractivity contribution is 8.01. The highest BCUT2D eigenvalue weighted by atomic mass is 32.2. The molecule has 2 aromatic rings. The Morgan fingerprint density at radius 2 is 1.91 bits per heavy atom. The quantitative estimate of drug-likeness (QED) is 0.617. The fourth-order valence-electron chi connectivity index (χ4n) is 4.49. The van der Waals surface area contributed by atoms with Crippen LogP contribution in [0.1, 0.15) is 12.8 Å². The number of fused-ring (bicyclic) bond motifs is 1. The van der Waals surface area contributed by atoms with E-state index in [-0.39, 0.29) is 6.61 Å². The van der Waals surface area contributed by atoms with Gasteiger partial charge in [0.25, 0.3) is 0 Å². The predicted octanol–water partition coefficient (Wildman–Crippen LogP) is 3.05. The molecule has 0 radical (unpaired) electrons. The van der Waals surface area contributed by atoms with Crippen molar-refractivity contribution in [1.29, 1.82) is 0 Å². The Morgan fingerprint density at radius 3 is 2.61 bits per heavy atom. The van der Waals surface area contributed by atoms with E-state index in [4.69, 9.17) is 14.2 Å². The SMILES string of the molecule is COC(=O)[C@@]1(CCCN2CCN(c3ccccc3)CC2)Sc2cc(OC)ccc2OC[C@H]1O. The summed E-state index contributed by atoms with van der Waals surface area (Å²) >= 11 is 1.32. The molecule has 2 heterocycles. The molecule has 1 N–H and O–H groups in total. The number of carbonyl (C=O) groups is 1. The fraction of sp³-hybridized carbons (Fsp3) is 0.480. The first-order chi connectivity index (χ1) is 16.1. The first kappa shape index (κ1) is 23.7. The van der Waals surface area contributed by atoms with Crippen LogP contribution < -0.4 is 14.4 Å². The molecule has 2 aromatic carbocycles. The lowest BCUT2D eigenvalue weighted by Gasteiger charge is -2.37. The lowest BCUT2D eigenvalue weighted by Crippen LogP contribution is -2.50. The van der Waals surface area contributed by atoms with E-state index < -0.39 is 16.8 Å². The summed E-state index contributed by atoms with van der Waals surface area (Å²) in [6.45, 7) is 4.80. The number of rotatable bonds is 7. The number of ether oxygens (including phenoxy) is 3. The molecule has 0 aliphatic carbocycles. The van der Waals surface area contributed by atoms with Crippen LogP contribution in [0.5, 0.6) is 11.5 Å². The minimum Gasteiger partial charge on any atom is -0.497 e.